The number of hydrogen-bond acceptors (Lipinski definition) is 6. The molecule has 58 heavy (non-hydrogen) atoms. The first-order valence-corrected chi connectivity index (χ1v) is 19.3. The van der Waals surface area contributed by atoms with Gasteiger partial charge in [0.2, 0.25) is 0 Å². The summed E-state index contributed by atoms with van der Waals surface area (Å²) in [5.74, 6) is 0.708. The van der Waals surface area contributed by atoms with Crippen LogP contribution < -0.4 is 9.80 Å². The summed E-state index contributed by atoms with van der Waals surface area (Å²) in [5.41, 5.74) is 8.63. The number of pyridine rings is 1. The Balaban J connectivity index is 1.18. The molecule has 10 rings (SSSR count). The molecule has 6 nitrogen and oxygen atoms in total. The third kappa shape index (κ3) is 5.89. The van der Waals surface area contributed by atoms with Gasteiger partial charge in [-0.05, 0) is 98.4 Å². The predicted molar refractivity (Wildman–Crippen MR) is 238 cm³/mol. The highest BCUT2D eigenvalue weighted by Crippen LogP contribution is 2.47. The third-order valence-corrected chi connectivity index (χ3v) is 11.1. The van der Waals surface area contributed by atoms with Crippen LogP contribution in [0.5, 0.6) is 0 Å². The number of nitrogens with zero attached hydrogens (tertiary/aromatic N) is 6. The van der Waals surface area contributed by atoms with Crippen molar-refractivity contribution in [2.75, 3.05) is 9.80 Å². The van der Waals surface area contributed by atoms with Gasteiger partial charge in [-0.2, -0.15) is 10.5 Å². The lowest BCUT2D eigenvalue weighted by Crippen LogP contribution is -2.31. The molecular formula is C52H34N6. The molecule has 1 aromatic heterocycles. The average molecular weight is 743 g/mol. The first kappa shape index (κ1) is 34.4. The van der Waals surface area contributed by atoms with Crippen molar-refractivity contribution >= 4 is 67.1 Å². The minimum absolute atomic E-state index is 0.253. The largest absolute Gasteiger partial charge is 0.317 e. The van der Waals surface area contributed by atoms with Crippen molar-refractivity contribution < 1.29 is 0 Å². The van der Waals surface area contributed by atoms with E-state index in [2.05, 4.69) is 119 Å². The van der Waals surface area contributed by atoms with Gasteiger partial charge in [-0.15, -0.1) is 0 Å². The quantitative estimate of drug-likeness (QED) is 0.145. The standard InChI is InChI=1S/C52H34N6/c53-33-41-31-39(35-11-3-1-4-12-35)21-25-45(41)57(49-15-7-9-29-55-49)47-27-19-37-18-24-44-48(28-20-38-17-23-43(47)51(37)52(38)44)58(50-16-8-10-30-56-50)46-26-22-40(32-42(46)34-54)36-13-5-2-6-14-36/h1-15,17-32,50H,16H2. The summed E-state index contributed by atoms with van der Waals surface area (Å²) in [6, 6.07) is 60.7. The van der Waals surface area contributed by atoms with E-state index in [1.807, 2.05) is 85.1 Å². The van der Waals surface area contributed by atoms with Gasteiger partial charge in [0.25, 0.3) is 0 Å². The van der Waals surface area contributed by atoms with Crippen molar-refractivity contribution in [1.82, 2.24) is 4.98 Å². The second-order valence-corrected chi connectivity index (χ2v) is 14.3. The summed E-state index contributed by atoms with van der Waals surface area (Å²) in [7, 11) is 0. The number of aliphatic imine (C=N–C) groups is 1. The second kappa shape index (κ2) is 14.5. The van der Waals surface area contributed by atoms with E-state index in [9.17, 15) is 10.5 Å². The number of rotatable bonds is 8. The van der Waals surface area contributed by atoms with Gasteiger partial charge in [0.1, 0.15) is 24.1 Å². The number of benzene rings is 8. The molecule has 0 saturated heterocycles. The first-order chi connectivity index (χ1) is 28.7. The van der Waals surface area contributed by atoms with Crippen LogP contribution >= 0.6 is 0 Å². The number of allylic oxidation sites excluding steroid dienone is 1. The van der Waals surface area contributed by atoms with Gasteiger partial charge in [-0.1, -0.05) is 121 Å². The van der Waals surface area contributed by atoms with E-state index in [1.54, 1.807) is 6.20 Å². The summed E-state index contributed by atoms with van der Waals surface area (Å²) in [5, 5.41) is 27.8. The maximum Gasteiger partial charge on any atom is 0.137 e. The van der Waals surface area contributed by atoms with Crippen molar-refractivity contribution in [2.24, 2.45) is 4.99 Å². The first-order valence-electron chi connectivity index (χ1n) is 19.3. The fourth-order valence-electron chi connectivity index (χ4n) is 8.41. The lowest BCUT2D eigenvalue weighted by atomic mass is 9.91. The van der Waals surface area contributed by atoms with Crippen LogP contribution in [-0.4, -0.2) is 17.4 Å². The smallest absolute Gasteiger partial charge is 0.137 e. The van der Waals surface area contributed by atoms with Crippen LogP contribution in [0.3, 0.4) is 0 Å². The molecule has 0 aliphatic carbocycles. The normalized spacial score (nSPS) is 13.4. The van der Waals surface area contributed by atoms with Gasteiger partial charge >= 0.3 is 0 Å². The molecule has 1 aliphatic heterocycles. The maximum atomic E-state index is 10.6. The van der Waals surface area contributed by atoms with Gasteiger partial charge in [0.05, 0.1) is 33.9 Å². The van der Waals surface area contributed by atoms with E-state index in [0.717, 1.165) is 77.3 Å². The molecule has 1 atom stereocenters. The maximum absolute atomic E-state index is 10.6. The van der Waals surface area contributed by atoms with E-state index in [4.69, 9.17) is 9.98 Å². The summed E-state index contributed by atoms with van der Waals surface area (Å²) in [6.45, 7) is 0. The highest BCUT2D eigenvalue weighted by molar-refractivity contribution is 6.28. The molecule has 272 valence electrons. The minimum Gasteiger partial charge on any atom is -0.317 e. The number of aromatic nitrogens is 1. The zero-order valence-corrected chi connectivity index (χ0v) is 31.4. The summed E-state index contributed by atoms with van der Waals surface area (Å²) < 4.78 is 0. The topological polar surface area (TPSA) is 79.3 Å². The van der Waals surface area contributed by atoms with Crippen LogP contribution in [0.4, 0.5) is 28.6 Å². The zero-order valence-electron chi connectivity index (χ0n) is 31.4. The molecule has 0 saturated carbocycles. The van der Waals surface area contributed by atoms with E-state index < -0.39 is 0 Å². The summed E-state index contributed by atoms with van der Waals surface area (Å²) in [6.07, 6.45) is 8.18. The van der Waals surface area contributed by atoms with Gasteiger partial charge in [0, 0.05) is 29.6 Å². The molecule has 0 spiro atoms. The lowest BCUT2D eigenvalue weighted by molar-refractivity contribution is 0.693. The van der Waals surface area contributed by atoms with E-state index >= 15 is 0 Å². The summed E-state index contributed by atoms with van der Waals surface area (Å²) >= 11 is 0. The van der Waals surface area contributed by atoms with Crippen LogP contribution in [-0.2, 0) is 0 Å². The summed E-state index contributed by atoms with van der Waals surface area (Å²) in [4.78, 5) is 14.1. The van der Waals surface area contributed by atoms with E-state index in [0.29, 0.717) is 23.4 Å². The fraction of sp³-hybridized carbons (Fsp3) is 0.0385. The van der Waals surface area contributed by atoms with Gasteiger partial charge in [-0.25, -0.2) is 4.98 Å². The Morgan fingerprint density at radius 1 is 0.517 bits per heavy atom. The predicted octanol–water partition coefficient (Wildman–Crippen LogP) is 13.0. The van der Waals surface area contributed by atoms with Crippen molar-refractivity contribution in [1.29, 1.82) is 10.5 Å². The fourth-order valence-corrected chi connectivity index (χ4v) is 8.41. The minimum atomic E-state index is -0.253. The molecule has 0 fully saturated rings. The molecule has 0 amide bonds. The van der Waals surface area contributed by atoms with Crippen molar-refractivity contribution in [3.63, 3.8) is 0 Å². The molecule has 1 aliphatic rings. The van der Waals surface area contributed by atoms with E-state index in [1.165, 1.54) is 0 Å². The van der Waals surface area contributed by atoms with Gasteiger partial charge < -0.3 is 4.90 Å². The number of dihydropyridines is 1. The highest BCUT2D eigenvalue weighted by Gasteiger charge is 2.27. The molecule has 6 heteroatoms. The van der Waals surface area contributed by atoms with Crippen LogP contribution in [0.15, 0.2) is 187 Å². The third-order valence-electron chi connectivity index (χ3n) is 11.1. The number of nitriles is 2. The SMILES string of the molecule is N#Cc1cc(-c2ccccc2)ccc1N(c1ccccn1)c1ccc2ccc3c(N(c4ccc(-c5ccccc5)cc4C#N)C4CC=CC=N4)ccc4ccc1c2c43. The number of hydrogen-bond donors (Lipinski definition) is 0. The lowest BCUT2D eigenvalue weighted by Gasteiger charge is -2.34. The monoisotopic (exact) mass is 742 g/mol. The Morgan fingerprint density at radius 3 is 1.66 bits per heavy atom. The van der Waals surface area contributed by atoms with Crippen LogP contribution in [0.2, 0.25) is 0 Å². The molecule has 8 aromatic carbocycles. The molecule has 0 radical (unpaired) electrons. The van der Waals surface area contributed by atoms with Crippen molar-refractivity contribution in [2.45, 2.75) is 12.6 Å². The van der Waals surface area contributed by atoms with Crippen molar-refractivity contribution in [3.8, 4) is 34.4 Å². The Labute approximate surface area is 336 Å². The van der Waals surface area contributed by atoms with Gasteiger partial charge in [-0.3, -0.25) is 9.89 Å². The Morgan fingerprint density at radius 2 is 1.07 bits per heavy atom. The van der Waals surface area contributed by atoms with Crippen LogP contribution in [0, 0.1) is 22.7 Å². The van der Waals surface area contributed by atoms with E-state index in [-0.39, 0.29) is 6.17 Å². The zero-order chi connectivity index (χ0) is 39.0. The average Bonchev–Trinajstić information content (AvgIpc) is 3.30. The Kier molecular flexibility index (Phi) is 8.63. The molecule has 1 unspecified atom stereocenters. The second-order valence-electron chi connectivity index (χ2n) is 14.3. The van der Waals surface area contributed by atoms with Gasteiger partial charge in [0.15, 0.2) is 0 Å². The Bertz CT molecular complexity index is 3120. The molecule has 0 N–H and O–H groups in total. The molecule has 9 aromatic rings. The van der Waals surface area contributed by atoms with Crippen LogP contribution in [0.25, 0.3) is 54.6 Å². The molecule has 0 bridgehead atoms. The van der Waals surface area contributed by atoms with Crippen molar-refractivity contribution in [3.05, 3.63) is 193 Å². The molecular weight excluding hydrogens is 709 g/mol. The Hall–Kier alpha value is -8.06. The highest BCUT2D eigenvalue weighted by atomic mass is 15.3. The number of anilines is 5. The molecule has 2 heterocycles. The van der Waals surface area contributed by atoms with Crippen LogP contribution in [0.1, 0.15) is 17.5 Å².